The molecule has 5 aromatic rings. The van der Waals surface area contributed by atoms with Crippen molar-refractivity contribution < 1.29 is 4.39 Å². The van der Waals surface area contributed by atoms with Gasteiger partial charge in [-0.1, -0.05) is 24.3 Å². The standard InChI is InChI=1S/C24H15FN4O/c1-28-22-14-27-21-10-7-17(16-5-8-18(25)9-6-16)12-20(21)23(22)29(24(28)30)19-4-2-3-15(11-19)13-26/h2-12,14H,1H3. The number of hydrogen-bond donors (Lipinski definition) is 0. The first-order chi connectivity index (χ1) is 14.6. The monoisotopic (exact) mass is 394 g/mol. The van der Waals surface area contributed by atoms with Gasteiger partial charge in [-0.25, -0.2) is 9.18 Å². The maximum absolute atomic E-state index is 13.3. The third kappa shape index (κ3) is 2.68. The van der Waals surface area contributed by atoms with Gasteiger partial charge < -0.3 is 0 Å². The van der Waals surface area contributed by atoms with Crippen LogP contribution in [0.5, 0.6) is 0 Å². The van der Waals surface area contributed by atoms with Gasteiger partial charge in [-0.2, -0.15) is 5.26 Å². The number of halogens is 1. The van der Waals surface area contributed by atoms with Crippen LogP contribution in [0, 0.1) is 17.1 Å². The number of benzene rings is 3. The van der Waals surface area contributed by atoms with Crippen LogP contribution in [0.3, 0.4) is 0 Å². The van der Waals surface area contributed by atoms with E-state index < -0.39 is 0 Å². The molecule has 5 rings (SSSR count). The van der Waals surface area contributed by atoms with Gasteiger partial charge in [0.25, 0.3) is 0 Å². The molecule has 0 unspecified atom stereocenters. The first kappa shape index (κ1) is 17.8. The molecule has 0 bridgehead atoms. The van der Waals surface area contributed by atoms with Gasteiger partial charge in [-0.15, -0.1) is 0 Å². The number of aryl methyl sites for hydroxylation is 1. The largest absolute Gasteiger partial charge is 0.333 e. The molecule has 6 heteroatoms. The summed E-state index contributed by atoms with van der Waals surface area (Å²) in [4.78, 5) is 17.6. The molecule has 0 aliphatic heterocycles. The molecule has 0 saturated heterocycles. The summed E-state index contributed by atoms with van der Waals surface area (Å²) in [5.74, 6) is -0.294. The van der Waals surface area contributed by atoms with Crippen molar-refractivity contribution in [3.63, 3.8) is 0 Å². The fourth-order valence-electron chi connectivity index (χ4n) is 3.77. The van der Waals surface area contributed by atoms with Gasteiger partial charge in [0, 0.05) is 12.4 Å². The molecule has 144 valence electrons. The summed E-state index contributed by atoms with van der Waals surface area (Å²) in [6.45, 7) is 0. The normalized spacial score (nSPS) is 11.1. The summed E-state index contributed by atoms with van der Waals surface area (Å²) in [6, 6.07) is 21.1. The minimum absolute atomic E-state index is 0.221. The Morgan fingerprint density at radius 1 is 1.00 bits per heavy atom. The number of imidazole rings is 1. The van der Waals surface area contributed by atoms with Crippen LogP contribution in [0.2, 0.25) is 0 Å². The van der Waals surface area contributed by atoms with Crippen LogP contribution in [0.4, 0.5) is 4.39 Å². The number of hydrogen-bond acceptors (Lipinski definition) is 3. The van der Waals surface area contributed by atoms with Gasteiger partial charge >= 0.3 is 5.69 Å². The number of rotatable bonds is 2. The molecule has 0 aliphatic rings. The number of fused-ring (bicyclic) bond motifs is 3. The zero-order valence-corrected chi connectivity index (χ0v) is 16.0. The van der Waals surface area contributed by atoms with Gasteiger partial charge in [-0.3, -0.25) is 14.1 Å². The third-order valence-corrected chi connectivity index (χ3v) is 5.29. The van der Waals surface area contributed by atoms with Crippen LogP contribution in [-0.4, -0.2) is 14.1 Å². The summed E-state index contributed by atoms with van der Waals surface area (Å²) < 4.78 is 16.5. The van der Waals surface area contributed by atoms with Crippen molar-refractivity contribution in [2.75, 3.05) is 0 Å². The van der Waals surface area contributed by atoms with E-state index in [1.807, 2.05) is 18.2 Å². The highest BCUT2D eigenvalue weighted by atomic mass is 19.1. The van der Waals surface area contributed by atoms with E-state index in [-0.39, 0.29) is 11.5 Å². The Morgan fingerprint density at radius 3 is 2.53 bits per heavy atom. The minimum Gasteiger partial charge on any atom is -0.293 e. The van der Waals surface area contributed by atoms with Gasteiger partial charge in [0.1, 0.15) is 5.82 Å². The molecule has 5 nitrogen and oxygen atoms in total. The van der Waals surface area contributed by atoms with Crippen molar-refractivity contribution in [1.82, 2.24) is 14.1 Å². The Balaban J connectivity index is 1.87. The zero-order valence-electron chi connectivity index (χ0n) is 16.0. The maximum Gasteiger partial charge on any atom is 0.333 e. The van der Waals surface area contributed by atoms with Gasteiger partial charge in [0.15, 0.2) is 0 Å². The Hall–Kier alpha value is -4.24. The molecular weight excluding hydrogens is 379 g/mol. The second-order valence-corrected chi connectivity index (χ2v) is 7.07. The van der Waals surface area contributed by atoms with E-state index in [0.29, 0.717) is 22.3 Å². The lowest BCUT2D eigenvalue weighted by Crippen LogP contribution is -2.20. The minimum atomic E-state index is -0.294. The summed E-state index contributed by atoms with van der Waals surface area (Å²) in [6.07, 6.45) is 1.68. The molecule has 0 fully saturated rings. The fourth-order valence-corrected chi connectivity index (χ4v) is 3.77. The van der Waals surface area contributed by atoms with Crippen LogP contribution < -0.4 is 5.69 Å². The topological polar surface area (TPSA) is 63.6 Å². The van der Waals surface area contributed by atoms with E-state index in [1.165, 1.54) is 12.1 Å². The van der Waals surface area contributed by atoms with Crippen molar-refractivity contribution in [3.05, 3.63) is 94.8 Å². The van der Waals surface area contributed by atoms with E-state index in [2.05, 4.69) is 11.1 Å². The molecule has 3 aromatic carbocycles. The molecule has 0 aliphatic carbocycles. The van der Waals surface area contributed by atoms with E-state index in [0.717, 1.165) is 22.0 Å². The summed E-state index contributed by atoms with van der Waals surface area (Å²) >= 11 is 0. The van der Waals surface area contributed by atoms with Gasteiger partial charge in [0.2, 0.25) is 0 Å². The van der Waals surface area contributed by atoms with Crippen LogP contribution >= 0.6 is 0 Å². The third-order valence-electron chi connectivity index (χ3n) is 5.29. The zero-order chi connectivity index (χ0) is 20.8. The molecule has 2 aromatic heterocycles. The molecule has 0 N–H and O–H groups in total. The van der Waals surface area contributed by atoms with Crippen molar-refractivity contribution in [1.29, 1.82) is 5.26 Å². The van der Waals surface area contributed by atoms with Crippen molar-refractivity contribution in [2.45, 2.75) is 0 Å². The van der Waals surface area contributed by atoms with E-state index in [4.69, 9.17) is 0 Å². The van der Waals surface area contributed by atoms with Crippen molar-refractivity contribution in [2.24, 2.45) is 7.05 Å². The summed E-state index contributed by atoms with van der Waals surface area (Å²) in [5.41, 5.74) is 4.77. The fraction of sp³-hybridized carbons (Fsp3) is 0.0417. The average molecular weight is 394 g/mol. The van der Waals surface area contributed by atoms with Crippen molar-refractivity contribution in [3.8, 4) is 22.9 Å². The van der Waals surface area contributed by atoms with E-state index in [9.17, 15) is 14.4 Å². The van der Waals surface area contributed by atoms with Crippen molar-refractivity contribution >= 4 is 21.9 Å². The number of aromatic nitrogens is 3. The summed E-state index contributed by atoms with van der Waals surface area (Å²) in [5, 5.41) is 10.1. The van der Waals surface area contributed by atoms with Crippen LogP contribution in [0.25, 0.3) is 38.8 Å². The Kier molecular flexibility index (Phi) is 3.97. The van der Waals surface area contributed by atoms with Crippen LogP contribution in [0.15, 0.2) is 77.7 Å². The molecule has 0 spiro atoms. The number of nitrogens with zero attached hydrogens (tertiary/aromatic N) is 4. The Bertz CT molecular complexity index is 1540. The smallest absolute Gasteiger partial charge is 0.293 e. The second kappa shape index (κ2) is 6.68. The van der Waals surface area contributed by atoms with Gasteiger partial charge in [-0.05, 0) is 53.6 Å². The molecule has 30 heavy (non-hydrogen) atoms. The maximum atomic E-state index is 13.3. The van der Waals surface area contributed by atoms with Crippen LogP contribution in [-0.2, 0) is 7.05 Å². The Labute approximate surface area is 170 Å². The molecule has 2 heterocycles. The first-order valence-corrected chi connectivity index (χ1v) is 9.33. The highest BCUT2D eigenvalue weighted by molar-refractivity contribution is 6.04. The average Bonchev–Trinajstić information content (AvgIpc) is 3.04. The predicted molar refractivity (Wildman–Crippen MR) is 114 cm³/mol. The number of pyridine rings is 1. The highest BCUT2D eigenvalue weighted by Crippen LogP contribution is 2.30. The lowest BCUT2D eigenvalue weighted by molar-refractivity contribution is 0.628. The molecule has 0 atom stereocenters. The number of nitriles is 1. The second-order valence-electron chi connectivity index (χ2n) is 7.07. The lowest BCUT2D eigenvalue weighted by atomic mass is 10.0. The van der Waals surface area contributed by atoms with Gasteiger partial charge in [0.05, 0.1) is 40.1 Å². The lowest BCUT2D eigenvalue weighted by Gasteiger charge is -2.08. The summed E-state index contributed by atoms with van der Waals surface area (Å²) in [7, 11) is 1.70. The van der Waals surface area contributed by atoms with E-state index in [1.54, 1.807) is 58.8 Å². The molecular formula is C24H15FN4O. The van der Waals surface area contributed by atoms with E-state index >= 15 is 0 Å². The first-order valence-electron chi connectivity index (χ1n) is 9.33. The van der Waals surface area contributed by atoms with Crippen LogP contribution in [0.1, 0.15) is 5.56 Å². The quantitative estimate of drug-likeness (QED) is 0.441. The molecule has 0 saturated carbocycles. The highest BCUT2D eigenvalue weighted by Gasteiger charge is 2.17. The molecule has 0 radical (unpaired) electrons. The Morgan fingerprint density at radius 2 is 1.77 bits per heavy atom. The predicted octanol–water partition coefficient (Wildman–Crippen LogP) is 4.56. The SMILES string of the molecule is Cn1c(=O)n(-c2cccc(C#N)c2)c2c3cc(-c4ccc(F)cc4)ccc3ncc21. The molecule has 0 amide bonds.